The summed E-state index contributed by atoms with van der Waals surface area (Å²) in [6.45, 7) is 5.42. The third-order valence-electron chi connectivity index (χ3n) is 2.72. The van der Waals surface area contributed by atoms with Crippen LogP contribution < -0.4 is 0 Å². The van der Waals surface area contributed by atoms with Crippen LogP contribution in [-0.4, -0.2) is 36.1 Å². The summed E-state index contributed by atoms with van der Waals surface area (Å²) in [5.41, 5.74) is 1.44. The first-order chi connectivity index (χ1) is 8.88. The van der Waals surface area contributed by atoms with Gasteiger partial charge in [-0.2, -0.15) is 0 Å². The first-order valence-corrected chi connectivity index (χ1v) is 6.59. The fraction of sp³-hybridized carbons (Fsp3) is 0.400. The molecule has 0 heterocycles. The Morgan fingerprint density at radius 2 is 1.89 bits per heavy atom. The molecule has 106 valence electrons. The Labute approximate surface area is 120 Å². The first-order valence-electron chi connectivity index (χ1n) is 6.05. The highest BCUT2D eigenvalue weighted by atomic mass is 35.5. The number of carboxylic acid groups (broad SMARTS) is 1. The van der Waals surface area contributed by atoms with Crippen molar-refractivity contribution in [3.05, 3.63) is 48.0 Å². The average molecular weight is 284 g/mol. The molecule has 1 atom stereocenters. The summed E-state index contributed by atoms with van der Waals surface area (Å²) in [6, 6.07) is 10.2. The van der Waals surface area contributed by atoms with Gasteiger partial charge in [-0.15, -0.1) is 11.6 Å². The van der Waals surface area contributed by atoms with Gasteiger partial charge in [0.25, 0.3) is 0 Å². The number of benzene rings is 1. The Balaban J connectivity index is 0.000000356. The van der Waals surface area contributed by atoms with Crippen LogP contribution in [0.3, 0.4) is 0 Å². The number of alkyl halides is 1. The Morgan fingerprint density at radius 1 is 1.37 bits per heavy atom. The highest BCUT2D eigenvalue weighted by Gasteiger charge is 2.10. The average Bonchev–Trinajstić information content (AvgIpc) is 2.40. The van der Waals surface area contributed by atoms with Crippen molar-refractivity contribution in [2.75, 3.05) is 14.1 Å². The van der Waals surface area contributed by atoms with Crippen LogP contribution in [0.1, 0.15) is 18.9 Å². The Kier molecular flexibility index (Phi) is 8.92. The smallest absolute Gasteiger partial charge is 0.331 e. The number of carboxylic acids is 1. The number of rotatable bonds is 5. The maximum Gasteiger partial charge on any atom is 0.331 e. The molecule has 19 heavy (non-hydrogen) atoms. The molecule has 1 aromatic carbocycles. The summed E-state index contributed by atoms with van der Waals surface area (Å²) in [4.78, 5) is 12.3. The molecule has 4 heteroatoms. The van der Waals surface area contributed by atoms with Gasteiger partial charge in [0.05, 0.1) is 0 Å². The second-order valence-electron chi connectivity index (χ2n) is 4.54. The van der Waals surface area contributed by atoms with Crippen LogP contribution in [0.4, 0.5) is 0 Å². The zero-order valence-electron chi connectivity index (χ0n) is 11.8. The van der Waals surface area contributed by atoms with Gasteiger partial charge in [-0.1, -0.05) is 36.9 Å². The van der Waals surface area contributed by atoms with E-state index in [2.05, 4.69) is 6.58 Å². The molecule has 1 N–H and O–H groups in total. The molecular formula is C15H22ClNO2. The first kappa shape index (κ1) is 17.7. The minimum absolute atomic E-state index is 0.235. The molecule has 0 radical (unpaired) electrons. The third-order valence-corrected chi connectivity index (χ3v) is 3.03. The highest BCUT2D eigenvalue weighted by molar-refractivity contribution is 6.17. The summed E-state index contributed by atoms with van der Waals surface area (Å²) < 4.78 is 0. The Morgan fingerprint density at radius 3 is 2.21 bits per heavy atom. The largest absolute Gasteiger partial charge is 0.478 e. The van der Waals surface area contributed by atoms with Gasteiger partial charge in [0, 0.05) is 17.5 Å². The van der Waals surface area contributed by atoms with Crippen molar-refractivity contribution in [3.63, 3.8) is 0 Å². The van der Waals surface area contributed by atoms with Gasteiger partial charge in [0.2, 0.25) is 0 Å². The predicted octanol–water partition coefficient (Wildman–Crippen LogP) is 3.39. The van der Waals surface area contributed by atoms with E-state index in [4.69, 9.17) is 16.7 Å². The molecule has 0 aliphatic carbocycles. The summed E-state index contributed by atoms with van der Waals surface area (Å²) in [5.74, 6) is -0.292. The van der Waals surface area contributed by atoms with Gasteiger partial charge in [0.15, 0.2) is 0 Å². The maximum atomic E-state index is 10.3. The zero-order chi connectivity index (χ0) is 14.8. The molecule has 1 unspecified atom stereocenters. The molecule has 0 spiro atoms. The van der Waals surface area contributed by atoms with Crippen molar-refractivity contribution in [1.82, 2.24) is 4.90 Å². The van der Waals surface area contributed by atoms with Crippen molar-refractivity contribution in [1.29, 1.82) is 0 Å². The molecule has 0 saturated heterocycles. The van der Waals surface area contributed by atoms with Crippen LogP contribution in [0.15, 0.2) is 42.5 Å². The van der Waals surface area contributed by atoms with Gasteiger partial charge < -0.3 is 10.0 Å². The molecule has 0 saturated carbocycles. The van der Waals surface area contributed by atoms with E-state index >= 15 is 0 Å². The van der Waals surface area contributed by atoms with Crippen molar-refractivity contribution in [2.45, 2.75) is 25.3 Å². The normalized spacial score (nSPS) is 11.4. The van der Waals surface area contributed by atoms with E-state index in [9.17, 15) is 4.79 Å². The lowest BCUT2D eigenvalue weighted by atomic mass is 10.1. The lowest BCUT2D eigenvalue weighted by molar-refractivity contribution is -0.132. The Bertz CT molecular complexity index is 390. The van der Waals surface area contributed by atoms with Gasteiger partial charge in [0.1, 0.15) is 0 Å². The molecule has 1 aromatic rings. The summed E-state index contributed by atoms with van der Waals surface area (Å²) in [7, 11) is 3.83. The standard InChI is InChI=1S/C8H15NO2.C7H7Cl/c1-6(8(10)11)5-7(2)9(3)4;8-6-7-4-2-1-3-5-7/h7H,1,5H2,2-4H3,(H,10,11);1-5H,6H2. The molecule has 0 bridgehead atoms. The number of nitrogens with zero attached hydrogens (tertiary/aromatic N) is 1. The summed E-state index contributed by atoms with van der Waals surface area (Å²) in [5, 5.41) is 8.49. The lowest BCUT2D eigenvalue weighted by Crippen LogP contribution is -2.25. The molecule has 0 aromatic heterocycles. The van der Waals surface area contributed by atoms with Crippen LogP contribution in [0.2, 0.25) is 0 Å². The minimum atomic E-state index is -0.904. The molecule has 0 fully saturated rings. The van der Waals surface area contributed by atoms with E-state index in [-0.39, 0.29) is 11.6 Å². The van der Waals surface area contributed by atoms with Crippen LogP contribution in [0.25, 0.3) is 0 Å². The lowest BCUT2D eigenvalue weighted by Gasteiger charge is -2.19. The number of aliphatic carboxylic acids is 1. The van der Waals surface area contributed by atoms with E-state index in [1.54, 1.807) is 0 Å². The molecule has 1 rings (SSSR count). The van der Waals surface area contributed by atoms with E-state index in [1.165, 1.54) is 5.56 Å². The molecule has 3 nitrogen and oxygen atoms in total. The maximum absolute atomic E-state index is 10.3. The quantitative estimate of drug-likeness (QED) is 0.665. The second-order valence-corrected chi connectivity index (χ2v) is 4.81. The summed E-state index contributed by atoms with van der Waals surface area (Å²) in [6.07, 6.45) is 0.516. The third kappa shape index (κ3) is 8.41. The minimum Gasteiger partial charge on any atom is -0.478 e. The van der Waals surface area contributed by atoms with E-state index < -0.39 is 5.97 Å². The molecular weight excluding hydrogens is 262 g/mol. The van der Waals surface area contributed by atoms with Gasteiger partial charge in [-0.05, 0) is 33.0 Å². The molecule has 0 amide bonds. The highest BCUT2D eigenvalue weighted by Crippen LogP contribution is 2.06. The fourth-order valence-electron chi connectivity index (χ4n) is 1.19. The van der Waals surface area contributed by atoms with Crippen molar-refractivity contribution in [2.24, 2.45) is 0 Å². The zero-order valence-corrected chi connectivity index (χ0v) is 12.5. The monoisotopic (exact) mass is 283 g/mol. The number of carbonyl (C=O) groups is 1. The van der Waals surface area contributed by atoms with E-state index in [1.807, 2.05) is 56.3 Å². The van der Waals surface area contributed by atoms with Crippen LogP contribution in [-0.2, 0) is 10.7 Å². The van der Waals surface area contributed by atoms with Crippen LogP contribution >= 0.6 is 11.6 Å². The van der Waals surface area contributed by atoms with Crippen molar-refractivity contribution >= 4 is 17.6 Å². The van der Waals surface area contributed by atoms with E-state index in [0.29, 0.717) is 12.3 Å². The van der Waals surface area contributed by atoms with Gasteiger partial charge >= 0.3 is 5.97 Å². The van der Waals surface area contributed by atoms with Crippen molar-refractivity contribution < 1.29 is 9.90 Å². The van der Waals surface area contributed by atoms with Crippen LogP contribution in [0, 0.1) is 0 Å². The number of hydrogen-bond donors (Lipinski definition) is 1. The van der Waals surface area contributed by atoms with E-state index in [0.717, 1.165) is 0 Å². The van der Waals surface area contributed by atoms with Gasteiger partial charge in [-0.25, -0.2) is 4.79 Å². The molecule has 0 aliphatic heterocycles. The predicted molar refractivity (Wildman–Crippen MR) is 80.5 cm³/mol. The second kappa shape index (κ2) is 9.59. The Hall–Kier alpha value is -1.32. The van der Waals surface area contributed by atoms with Crippen molar-refractivity contribution in [3.8, 4) is 0 Å². The van der Waals surface area contributed by atoms with Gasteiger partial charge in [-0.3, -0.25) is 0 Å². The number of hydrogen-bond acceptors (Lipinski definition) is 2. The number of halogens is 1. The van der Waals surface area contributed by atoms with Crippen LogP contribution in [0.5, 0.6) is 0 Å². The molecule has 0 aliphatic rings. The topological polar surface area (TPSA) is 40.5 Å². The fourth-order valence-corrected chi connectivity index (χ4v) is 1.37. The summed E-state index contributed by atoms with van der Waals surface area (Å²) >= 11 is 5.53. The SMILES string of the molecule is C=C(CC(C)N(C)C)C(=O)O.ClCc1ccccc1.